The van der Waals surface area contributed by atoms with Crippen molar-refractivity contribution in [2.45, 2.75) is 56.7 Å². The summed E-state index contributed by atoms with van der Waals surface area (Å²) < 4.78 is 5.29. The van der Waals surface area contributed by atoms with E-state index in [-0.39, 0.29) is 43.1 Å². The molecule has 3 aliphatic rings. The number of amides is 3. The van der Waals surface area contributed by atoms with Gasteiger partial charge in [0.2, 0.25) is 17.7 Å². The van der Waals surface area contributed by atoms with Crippen LogP contribution < -0.4 is 5.32 Å². The maximum atomic E-state index is 14.0. The molecule has 0 spiro atoms. The average Bonchev–Trinajstić information content (AvgIpc) is 3.42. The molecule has 4 atom stereocenters. The zero-order valence-electron chi connectivity index (χ0n) is 22.7. The van der Waals surface area contributed by atoms with Crippen LogP contribution in [0, 0.1) is 17.8 Å². The van der Waals surface area contributed by atoms with E-state index in [1.54, 1.807) is 11.9 Å². The highest BCUT2D eigenvalue weighted by Gasteiger charge is 2.68. The zero-order chi connectivity index (χ0) is 27.6. The normalized spacial score (nSPS) is 26.9. The van der Waals surface area contributed by atoms with Crippen LogP contribution in [0.3, 0.4) is 0 Å². The molecule has 0 aromatic heterocycles. The van der Waals surface area contributed by atoms with Gasteiger partial charge in [0, 0.05) is 32.0 Å². The Bertz CT molecular complexity index is 1210. The molecule has 1 aliphatic carbocycles. The van der Waals surface area contributed by atoms with E-state index in [9.17, 15) is 19.2 Å². The van der Waals surface area contributed by atoms with Crippen LogP contribution in [-0.4, -0.2) is 65.8 Å². The van der Waals surface area contributed by atoms with Crippen molar-refractivity contribution in [3.05, 3.63) is 71.8 Å². The summed E-state index contributed by atoms with van der Waals surface area (Å²) in [6, 6.07) is 18.2. The van der Waals surface area contributed by atoms with Crippen LogP contribution in [0.4, 0.5) is 0 Å². The molecule has 8 heteroatoms. The zero-order valence-corrected chi connectivity index (χ0v) is 22.7. The second-order valence-corrected chi connectivity index (χ2v) is 11.2. The fourth-order valence-electron chi connectivity index (χ4n) is 6.83. The molecule has 39 heavy (non-hydrogen) atoms. The third-order valence-corrected chi connectivity index (χ3v) is 8.71. The first-order chi connectivity index (χ1) is 18.9. The summed E-state index contributed by atoms with van der Waals surface area (Å²) in [7, 11) is 3.06. The van der Waals surface area contributed by atoms with Gasteiger partial charge in [-0.2, -0.15) is 0 Å². The summed E-state index contributed by atoms with van der Waals surface area (Å²) >= 11 is 0. The van der Waals surface area contributed by atoms with Crippen LogP contribution in [-0.2, 0) is 36.9 Å². The van der Waals surface area contributed by atoms with E-state index in [2.05, 4.69) is 5.32 Å². The number of benzene rings is 2. The number of nitrogens with zero attached hydrogens (tertiary/aromatic N) is 2. The maximum absolute atomic E-state index is 14.0. The number of imide groups is 1. The minimum Gasteiger partial charge on any atom is -0.468 e. The number of nitrogens with one attached hydrogen (secondary N) is 1. The molecule has 2 heterocycles. The van der Waals surface area contributed by atoms with Crippen LogP contribution in [0.5, 0.6) is 0 Å². The van der Waals surface area contributed by atoms with Gasteiger partial charge in [0.15, 0.2) is 0 Å². The van der Waals surface area contributed by atoms with Crippen molar-refractivity contribution in [2.24, 2.45) is 17.8 Å². The minimum atomic E-state index is -1.43. The summed E-state index contributed by atoms with van der Waals surface area (Å²) in [5.41, 5.74) is 0.251. The van der Waals surface area contributed by atoms with Crippen LogP contribution in [0.25, 0.3) is 0 Å². The Morgan fingerprint density at radius 2 is 1.56 bits per heavy atom. The first-order valence-electron chi connectivity index (χ1n) is 13.9. The topological polar surface area (TPSA) is 96.0 Å². The first kappa shape index (κ1) is 27.1. The fourth-order valence-corrected chi connectivity index (χ4v) is 6.83. The molecule has 5 rings (SSSR count). The van der Waals surface area contributed by atoms with Gasteiger partial charge in [0.25, 0.3) is 0 Å². The van der Waals surface area contributed by atoms with E-state index in [1.165, 1.54) is 12.0 Å². The van der Waals surface area contributed by atoms with Gasteiger partial charge in [-0.3, -0.25) is 29.4 Å². The SMILES string of the molecule is COC(=O)[C@]1(Cc2ccccc2)N[C@H](CN(C)C(=O)C2CCCCC2)[C@@H]2C(=O)N(Cc3ccccc3)C(=O)[C@@H]21. The van der Waals surface area contributed by atoms with Gasteiger partial charge in [0.05, 0.1) is 25.5 Å². The van der Waals surface area contributed by atoms with E-state index in [0.29, 0.717) is 0 Å². The van der Waals surface area contributed by atoms with Crippen molar-refractivity contribution in [1.29, 1.82) is 0 Å². The number of esters is 1. The number of carbonyl (C=O) groups is 4. The van der Waals surface area contributed by atoms with E-state index in [0.717, 1.165) is 43.2 Å². The predicted molar refractivity (Wildman–Crippen MR) is 145 cm³/mol. The van der Waals surface area contributed by atoms with Crippen LogP contribution >= 0.6 is 0 Å². The lowest BCUT2D eigenvalue weighted by Gasteiger charge is -2.34. The molecule has 2 aliphatic heterocycles. The van der Waals surface area contributed by atoms with Gasteiger partial charge < -0.3 is 9.64 Å². The van der Waals surface area contributed by atoms with Crippen molar-refractivity contribution >= 4 is 23.7 Å². The number of likely N-dealkylation sites (N-methyl/N-ethyl adjacent to an activating group) is 1. The number of likely N-dealkylation sites (tertiary alicyclic amines) is 1. The van der Waals surface area contributed by atoms with Crippen LogP contribution in [0.15, 0.2) is 60.7 Å². The highest BCUT2D eigenvalue weighted by Crippen LogP contribution is 2.46. The summed E-state index contributed by atoms with van der Waals surface area (Å²) in [6.45, 7) is 0.361. The summed E-state index contributed by atoms with van der Waals surface area (Å²) in [4.78, 5) is 57.8. The lowest BCUT2D eigenvalue weighted by atomic mass is 9.76. The van der Waals surface area contributed by atoms with E-state index < -0.39 is 29.4 Å². The number of ether oxygens (including phenoxy) is 1. The fraction of sp³-hybridized carbons (Fsp3) is 0.484. The Morgan fingerprint density at radius 1 is 0.949 bits per heavy atom. The molecule has 1 saturated carbocycles. The summed E-state index contributed by atoms with van der Waals surface area (Å²) in [5.74, 6) is -2.96. The molecule has 0 unspecified atom stereocenters. The Morgan fingerprint density at radius 3 is 2.18 bits per heavy atom. The van der Waals surface area contributed by atoms with E-state index in [1.807, 2.05) is 60.7 Å². The molecule has 2 aromatic rings. The highest BCUT2D eigenvalue weighted by molar-refractivity contribution is 6.09. The van der Waals surface area contributed by atoms with Crippen molar-refractivity contribution < 1.29 is 23.9 Å². The Hall–Kier alpha value is -3.52. The molecule has 8 nitrogen and oxygen atoms in total. The highest BCUT2D eigenvalue weighted by atomic mass is 16.5. The number of carbonyl (C=O) groups excluding carboxylic acids is 4. The largest absolute Gasteiger partial charge is 0.468 e. The number of hydrogen-bond acceptors (Lipinski definition) is 6. The molecular weight excluding hydrogens is 494 g/mol. The molecule has 2 aromatic carbocycles. The molecule has 1 N–H and O–H groups in total. The number of rotatable bonds is 8. The van der Waals surface area contributed by atoms with Crippen molar-refractivity contribution in [3.63, 3.8) is 0 Å². The van der Waals surface area contributed by atoms with Crippen molar-refractivity contribution in [1.82, 2.24) is 15.1 Å². The van der Waals surface area contributed by atoms with Gasteiger partial charge in [0.1, 0.15) is 5.54 Å². The minimum absolute atomic E-state index is 0.0221. The monoisotopic (exact) mass is 531 g/mol. The van der Waals surface area contributed by atoms with Gasteiger partial charge in [-0.1, -0.05) is 79.9 Å². The van der Waals surface area contributed by atoms with Crippen molar-refractivity contribution in [3.8, 4) is 0 Å². The van der Waals surface area contributed by atoms with Gasteiger partial charge in [-0.05, 0) is 24.0 Å². The lowest BCUT2D eigenvalue weighted by molar-refractivity contribution is -0.154. The molecular formula is C31H37N3O5. The second-order valence-electron chi connectivity index (χ2n) is 11.2. The van der Waals surface area contributed by atoms with Crippen molar-refractivity contribution in [2.75, 3.05) is 20.7 Å². The Labute approximate surface area is 229 Å². The number of fused-ring (bicyclic) bond motifs is 1. The smallest absolute Gasteiger partial charge is 0.327 e. The second kappa shape index (κ2) is 11.3. The van der Waals surface area contributed by atoms with Gasteiger partial charge in [-0.25, -0.2) is 0 Å². The third kappa shape index (κ3) is 5.10. The number of methoxy groups -OCH3 is 1. The van der Waals surface area contributed by atoms with E-state index in [4.69, 9.17) is 4.74 Å². The molecule has 0 radical (unpaired) electrons. The number of hydrogen-bond donors (Lipinski definition) is 1. The summed E-state index contributed by atoms with van der Waals surface area (Å²) in [5, 5.41) is 3.40. The van der Waals surface area contributed by atoms with Gasteiger partial charge in [-0.15, -0.1) is 0 Å². The van der Waals surface area contributed by atoms with Gasteiger partial charge >= 0.3 is 5.97 Å². The molecule has 206 valence electrons. The Kier molecular flexibility index (Phi) is 7.84. The quantitative estimate of drug-likeness (QED) is 0.416. The van der Waals surface area contributed by atoms with Crippen LogP contribution in [0.1, 0.15) is 43.2 Å². The molecule has 3 fully saturated rings. The Balaban J connectivity index is 1.49. The third-order valence-electron chi connectivity index (χ3n) is 8.71. The first-order valence-corrected chi connectivity index (χ1v) is 13.9. The predicted octanol–water partition coefficient (Wildman–Crippen LogP) is 2.95. The molecule has 0 bridgehead atoms. The lowest BCUT2D eigenvalue weighted by Crippen LogP contribution is -2.59. The average molecular weight is 532 g/mol. The van der Waals surface area contributed by atoms with E-state index >= 15 is 0 Å². The summed E-state index contributed by atoms with van der Waals surface area (Å²) in [6.07, 6.45) is 5.17. The molecule has 3 amide bonds. The standard InChI is InChI=1S/C31H37N3O5/c1-33(27(35)23-16-10-5-11-17-23)20-24-25-26(29(37)34(28(25)36)19-22-14-8-4-9-15-22)31(32-24,30(38)39-2)18-21-12-6-3-7-13-21/h3-4,6-9,12-15,23-26,32H,5,10-11,16-20H2,1-2H3/t24-,25+,26-,31-/m1/s1. The van der Waals surface area contributed by atoms with Crippen LogP contribution in [0.2, 0.25) is 0 Å². The maximum Gasteiger partial charge on any atom is 0.327 e. The molecule has 2 saturated heterocycles.